The maximum atomic E-state index is 5.77. The topological polar surface area (TPSA) is 26.0 Å². The molecule has 0 unspecified atom stereocenters. The van der Waals surface area contributed by atoms with Crippen LogP contribution in [0.15, 0.2) is 46.2 Å². The van der Waals surface area contributed by atoms with Gasteiger partial charge in [-0.1, -0.05) is 12.1 Å². The Morgan fingerprint density at radius 3 is 3.00 bits per heavy atom. The summed E-state index contributed by atoms with van der Waals surface area (Å²) in [7, 11) is 0. The minimum Gasteiger partial charge on any atom is -0.454 e. The van der Waals surface area contributed by atoms with Crippen molar-refractivity contribution in [1.82, 2.24) is 4.98 Å². The summed E-state index contributed by atoms with van der Waals surface area (Å²) in [5.74, 6) is 0. The molecule has 3 aromatic heterocycles. The van der Waals surface area contributed by atoms with E-state index in [-0.39, 0.29) is 0 Å². The third-order valence-corrected chi connectivity index (χ3v) is 3.62. The van der Waals surface area contributed by atoms with Gasteiger partial charge in [0, 0.05) is 11.5 Å². The van der Waals surface area contributed by atoms with Gasteiger partial charge in [-0.2, -0.15) is 0 Å². The van der Waals surface area contributed by atoms with E-state index in [4.69, 9.17) is 4.42 Å². The highest BCUT2D eigenvalue weighted by Crippen LogP contribution is 2.31. The third kappa shape index (κ3) is 0.981. The fourth-order valence-corrected chi connectivity index (χ4v) is 2.77. The molecule has 0 N–H and O–H groups in total. The number of benzene rings is 1. The second-order valence-electron chi connectivity index (χ2n) is 3.74. The number of fused-ring (bicyclic) bond motifs is 4. The van der Waals surface area contributed by atoms with Crippen LogP contribution in [0.2, 0.25) is 0 Å². The zero-order valence-corrected chi connectivity index (χ0v) is 9.12. The summed E-state index contributed by atoms with van der Waals surface area (Å²) in [5.41, 5.74) is 3.78. The average molecular weight is 225 g/mol. The molecule has 0 amide bonds. The molecule has 0 saturated carbocycles. The molecular formula is C13H7NOS. The monoisotopic (exact) mass is 225 g/mol. The minimum atomic E-state index is 0.871. The molecule has 0 aliphatic rings. The van der Waals surface area contributed by atoms with Gasteiger partial charge in [0.25, 0.3) is 0 Å². The third-order valence-electron chi connectivity index (χ3n) is 2.76. The number of aromatic nitrogens is 1. The SMILES string of the molecule is c1ccc2c(c1)oc1cc3sccc3nc12. The Balaban J connectivity index is 2.32. The summed E-state index contributed by atoms with van der Waals surface area (Å²) in [4.78, 5) is 4.64. The number of hydrogen-bond acceptors (Lipinski definition) is 3. The number of nitrogens with zero attached hydrogens (tertiary/aromatic N) is 1. The first-order chi connectivity index (χ1) is 7.92. The molecule has 0 bridgehead atoms. The van der Waals surface area contributed by atoms with E-state index >= 15 is 0 Å². The predicted octanol–water partition coefficient (Wildman–Crippen LogP) is 4.20. The van der Waals surface area contributed by atoms with Crippen LogP contribution in [-0.2, 0) is 0 Å². The lowest BCUT2D eigenvalue weighted by Gasteiger charge is -1.89. The molecule has 3 heterocycles. The highest BCUT2D eigenvalue weighted by atomic mass is 32.1. The van der Waals surface area contributed by atoms with Gasteiger partial charge >= 0.3 is 0 Å². The fourth-order valence-electron chi connectivity index (χ4n) is 2.02. The van der Waals surface area contributed by atoms with E-state index in [1.54, 1.807) is 11.3 Å². The van der Waals surface area contributed by atoms with Crippen molar-refractivity contribution in [2.75, 3.05) is 0 Å². The number of rotatable bonds is 0. The molecule has 76 valence electrons. The van der Waals surface area contributed by atoms with E-state index < -0.39 is 0 Å². The van der Waals surface area contributed by atoms with Gasteiger partial charge in [0.15, 0.2) is 5.58 Å². The Hall–Kier alpha value is -1.87. The maximum Gasteiger partial charge on any atom is 0.155 e. The van der Waals surface area contributed by atoms with Crippen LogP contribution in [0.3, 0.4) is 0 Å². The summed E-state index contributed by atoms with van der Waals surface area (Å²) < 4.78 is 6.95. The standard InChI is InChI=1S/C13H7NOS/c1-2-4-10-8(3-1)13-11(15-10)7-12-9(14-13)5-6-16-12/h1-7H. The van der Waals surface area contributed by atoms with Crippen molar-refractivity contribution in [1.29, 1.82) is 0 Å². The Bertz CT molecular complexity index is 812. The first-order valence-corrected chi connectivity index (χ1v) is 5.95. The predicted molar refractivity (Wildman–Crippen MR) is 66.9 cm³/mol. The van der Waals surface area contributed by atoms with Crippen molar-refractivity contribution in [2.24, 2.45) is 0 Å². The van der Waals surface area contributed by atoms with E-state index in [2.05, 4.69) is 16.4 Å². The summed E-state index contributed by atoms with van der Waals surface area (Å²) in [6.07, 6.45) is 0. The molecule has 4 aromatic rings. The normalized spacial score (nSPS) is 11.8. The van der Waals surface area contributed by atoms with Crippen LogP contribution < -0.4 is 0 Å². The maximum absolute atomic E-state index is 5.77. The van der Waals surface area contributed by atoms with E-state index in [0.717, 1.165) is 27.6 Å². The van der Waals surface area contributed by atoms with Crippen molar-refractivity contribution >= 4 is 43.6 Å². The van der Waals surface area contributed by atoms with Gasteiger partial charge in [0.05, 0.1) is 10.2 Å². The molecule has 0 aliphatic carbocycles. The molecule has 0 fully saturated rings. The Morgan fingerprint density at radius 2 is 2.00 bits per heavy atom. The molecule has 1 aromatic carbocycles. The van der Waals surface area contributed by atoms with Gasteiger partial charge in [-0.3, -0.25) is 0 Å². The lowest BCUT2D eigenvalue weighted by molar-refractivity contribution is 0.669. The number of pyridine rings is 1. The molecule has 3 heteroatoms. The molecule has 2 nitrogen and oxygen atoms in total. The van der Waals surface area contributed by atoms with Crippen molar-refractivity contribution < 1.29 is 4.42 Å². The van der Waals surface area contributed by atoms with Crippen LogP contribution in [0.4, 0.5) is 0 Å². The molecule has 0 aliphatic heterocycles. The zero-order chi connectivity index (χ0) is 10.5. The largest absolute Gasteiger partial charge is 0.454 e. The number of furan rings is 1. The Labute approximate surface area is 95.1 Å². The summed E-state index contributed by atoms with van der Waals surface area (Å²) >= 11 is 1.69. The highest BCUT2D eigenvalue weighted by Gasteiger charge is 2.09. The molecule has 16 heavy (non-hydrogen) atoms. The van der Waals surface area contributed by atoms with Crippen LogP contribution in [0.5, 0.6) is 0 Å². The molecule has 0 atom stereocenters. The van der Waals surface area contributed by atoms with Crippen LogP contribution >= 0.6 is 11.3 Å². The van der Waals surface area contributed by atoms with Crippen molar-refractivity contribution in [3.8, 4) is 0 Å². The Morgan fingerprint density at radius 1 is 1.06 bits per heavy atom. The van der Waals surface area contributed by atoms with Crippen LogP contribution in [-0.4, -0.2) is 4.98 Å². The van der Waals surface area contributed by atoms with Crippen LogP contribution in [0, 0.1) is 0 Å². The fraction of sp³-hybridized carbons (Fsp3) is 0. The van der Waals surface area contributed by atoms with Crippen molar-refractivity contribution in [2.45, 2.75) is 0 Å². The van der Waals surface area contributed by atoms with Gasteiger partial charge in [-0.25, -0.2) is 4.98 Å². The lowest BCUT2D eigenvalue weighted by atomic mass is 10.2. The second-order valence-corrected chi connectivity index (χ2v) is 4.69. The summed E-state index contributed by atoms with van der Waals surface area (Å²) in [5, 5.41) is 3.14. The molecule has 0 spiro atoms. The molecule has 4 rings (SSSR count). The van der Waals surface area contributed by atoms with E-state index in [1.165, 1.54) is 4.70 Å². The lowest BCUT2D eigenvalue weighted by Crippen LogP contribution is -1.73. The van der Waals surface area contributed by atoms with Gasteiger partial charge in [0.1, 0.15) is 11.1 Å². The van der Waals surface area contributed by atoms with Gasteiger partial charge in [-0.15, -0.1) is 11.3 Å². The van der Waals surface area contributed by atoms with Gasteiger partial charge in [-0.05, 0) is 23.6 Å². The average Bonchev–Trinajstić information content (AvgIpc) is 2.88. The quantitative estimate of drug-likeness (QED) is 0.448. The molecular weight excluding hydrogens is 218 g/mol. The first-order valence-electron chi connectivity index (χ1n) is 5.07. The van der Waals surface area contributed by atoms with E-state index in [9.17, 15) is 0 Å². The van der Waals surface area contributed by atoms with Gasteiger partial charge in [0.2, 0.25) is 0 Å². The van der Waals surface area contributed by atoms with E-state index in [1.807, 2.05) is 30.3 Å². The highest BCUT2D eigenvalue weighted by molar-refractivity contribution is 7.17. The molecule has 0 saturated heterocycles. The van der Waals surface area contributed by atoms with Gasteiger partial charge < -0.3 is 4.42 Å². The summed E-state index contributed by atoms with van der Waals surface area (Å²) in [6, 6.07) is 12.1. The minimum absolute atomic E-state index is 0.871. The van der Waals surface area contributed by atoms with Crippen molar-refractivity contribution in [3.63, 3.8) is 0 Å². The number of hydrogen-bond donors (Lipinski definition) is 0. The molecule has 0 radical (unpaired) electrons. The van der Waals surface area contributed by atoms with Crippen molar-refractivity contribution in [3.05, 3.63) is 41.8 Å². The van der Waals surface area contributed by atoms with Crippen LogP contribution in [0.25, 0.3) is 32.3 Å². The number of para-hydroxylation sites is 1. The number of thiophene rings is 1. The van der Waals surface area contributed by atoms with E-state index in [0.29, 0.717) is 0 Å². The van der Waals surface area contributed by atoms with Crippen LogP contribution in [0.1, 0.15) is 0 Å². The summed E-state index contributed by atoms with van der Waals surface area (Å²) in [6.45, 7) is 0. The second kappa shape index (κ2) is 2.83. The first kappa shape index (κ1) is 8.30. The smallest absolute Gasteiger partial charge is 0.155 e. The Kier molecular flexibility index (Phi) is 1.47. The zero-order valence-electron chi connectivity index (χ0n) is 8.31.